The SMILES string of the molecule is CC[C@H]1S/C(=N/N=C\c2ccc(OC)c(OC)c2)N(Cc2ccc(OC)cc2)C1=O. The van der Waals surface area contributed by atoms with Crippen molar-refractivity contribution in [3.63, 3.8) is 0 Å². The smallest absolute Gasteiger partial charge is 0.242 e. The molecule has 0 aromatic heterocycles. The Morgan fingerprint density at radius 3 is 2.40 bits per heavy atom. The van der Waals surface area contributed by atoms with Crippen LogP contribution in [0.3, 0.4) is 0 Å². The highest BCUT2D eigenvalue weighted by Gasteiger charge is 2.36. The molecule has 158 valence electrons. The highest BCUT2D eigenvalue weighted by molar-refractivity contribution is 8.15. The van der Waals surface area contributed by atoms with Crippen molar-refractivity contribution in [3.8, 4) is 17.2 Å². The number of carbonyl (C=O) groups is 1. The second kappa shape index (κ2) is 10.2. The van der Waals surface area contributed by atoms with Crippen LogP contribution < -0.4 is 14.2 Å². The van der Waals surface area contributed by atoms with Gasteiger partial charge in [0.05, 0.1) is 39.3 Å². The number of thioether (sulfide) groups is 1. The number of rotatable bonds is 8. The van der Waals surface area contributed by atoms with E-state index >= 15 is 0 Å². The molecule has 0 N–H and O–H groups in total. The lowest BCUT2D eigenvalue weighted by Crippen LogP contribution is -2.31. The van der Waals surface area contributed by atoms with Gasteiger partial charge >= 0.3 is 0 Å². The Morgan fingerprint density at radius 1 is 1.03 bits per heavy atom. The molecule has 0 bridgehead atoms. The fraction of sp³-hybridized carbons (Fsp3) is 0.318. The third-order valence-electron chi connectivity index (χ3n) is 4.65. The van der Waals surface area contributed by atoms with Crippen molar-refractivity contribution in [1.82, 2.24) is 4.90 Å². The molecule has 1 heterocycles. The lowest BCUT2D eigenvalue weighted by Gasteiger charge is -2.16. The number of methoxy groups -OCH3 is 3. The molecule has 2 aromatic carbocycles. The van der Waals surface area contributed by atoms with E-state index in [9.17, 15) is 4.79 Å². The predicted molar refractivity (Wildman–Crippen MR) is 120 cm³/mol. The number of nitrogens with zero attached hydrogens (tertiary/aromatic N) is 3. The first-order valence-corrected chi connectivity index (χ1v) is 10.4. The van der Waals surface area contributed by atoms with Gasteiger partial charge in [0.1, 0.15) is 5.75 Å². The standard InChI is InChI=1S/C22H25N3O4S/c1-5-20-21(26)25(14-15-6-9-17(27-2)10-7-15)22(30-20)24-23-13-16-8-11-18(28-3)19(12-16)29-4/h6-13,20H,5,14H2,1-4H3/b23-13-,24-22+/t20-/m1/s1. The zero-order chi connectivity index (χ0) is 21.5. The number of amidine groups is 1. The van der Waals surface area contributed by atoms with Gasteiger partial charge in [0.15, 0.2) is 16.7 Å². The molecule has 1 aliphatic heterocycles. The minimum absolute atomic E-state index is 0.0541. The average molecular weight is 428 g/mol. The van der Waals surface area contributed by atoms with Gasteiger partial charge in [-0.15, -0.1) is 5.10 Å². The van der Waals surface area contributed by atoms with Crippen molar-refractivity contribution in [2.24, 2.45) is 10.2 Å². The molecule has 0 spiro atoms. The average Bonchev–Trinajstić information content (AvgIpc) is 3.08. The van der Waals surface area contributed by atoms with Gasteiger partial charge in [0.2, 0.25) is 5.91 Å². The maximum atomic E-state index is 12.8. The van der Waals surface area contributed by atoms with Gasteiger partial charge in [0, 0.05) is 0 Å². The van der Waals surface area contributed by atoms with Crippen LogP contribution in [0.15, 0.2) is 52.7 Å². The van der Waals surface area contributed by atoms with E-state index in [-0.39, 0.29) is 11.2 Å². The molecule has 0 aliphatic carbocycles. The molecule has 8 heteroatoms. The summed E-state index contributed by atoms with van der Waals surface area (Å²) in [5.41, 5.74) is 1.82. The van der Waals surface area contributed by atoms with E-state index in [1.807, 2.05) is 49.4 Å². The van der Waals surface area contributed by atoms with E-state index in [2.05, 4.69) is 10.2 Å². The summed E-state index contributed by atoms with van der Waals surface area (Å²) in [7, 11) is 4.80. The summed E-state index contributed by atoms with van der Waals surface area (Å²) in [6.07, 6.45) is 2.37. The maximum Gasteiger partial charge on any atom is 0.242 e. The summed E-state index contributed by atoms with van der Waals surface area (Å²) >= 11 is 1.45. The van der Waals surface area contributed by atoms with E-state index in [0.29, 0.717) is 23.2 Å². The number of hydrogen-bond acceptors (Lipinski definition) is 7. The Balaban J connectivity index is 1.79. The van der Waals surface area contributed by atoms with Crippen LogP contribution in [0.1, 0.15) is 24.5 Å². The number of hydrogen-bond donors (Lipinski definition) is 0. The van der Waals surface area contributed by atoms with Crippen LogP contribution in [0.5, 0.6) is 17.2 Å². The largest absolute Gasteiger partial charge is 0.497 e. The van der Waals surface area contributed by atoms with E-state index in [0.717, 1.165) is 23.3 Å². The van der Waals surface area contributed by atoms with Crippen LogP contribution in [-0.2, 0) is 11.3 Å². The van der Waals surface area contributed by atoms with Crippen molar-refractivity contribution < 1.29 is 19.0 Å². The molecule has 1 amide bonds. The van der Waals surface area contributed by atoms with Gasteiger partial charge in [-0.1, -0.05) is 30.8 Å². The molecular weight excluding hydrogens is 402 g/mol. The minimum Gasteiger partial charge on any atom is -0.497 e. The summed E-state index contributed by atoms with van der Waals surface area (Å²) in [4.78, 5) is 14.5. The summed E-state index contributed by atoms with van der Waals surface area (Å²) in [5.74, 6) is 2.10. The van der Waals surface area contributed by atoms with Crippen molar-refractivity contribution in [3.05, 3.63) is 53.6 Å². The zero-order valence-corrected chi connectivity index (χ0v) is 18.3. The monoisotopic (exact) mass is 427 g/mol. The van der Waals surface area contributed by atoms with E-state index < -0.39 is 0 Å². The van der Waals surface area contributed by atoms with E-state index in [1.165, 1.54) is 11.8 Å². The van der Waals surface area contributed by atoms with Gasteiger partial charge in [-0.2, -0.15) is 5.10 Å². The highest BCUT2D eigenvalue weighted by atomic mass is 32.2. The third-order valence-corrected chi connectivity index (χ3v) is 5.98. The number of benzene rings is 2. The predicted octanol–water partition coefficient (Wildman–Crippen LogP) is 3.96. The molecule has 1 fully saturated rings. The number of amides is 1. The highest BCUT2D eigenvalue weighted by Crippen LogP contribution is 2.31. The van der Waals surface area contributed by atoms with Crippen LogP contribution in [0.2, 0.25) is 0 Å². The summed E-state index contributed by atoms with van der Waals surface area (Å²) in [6, 6.07) is 13.1. The molecule has 0 radical (unpaired) electrons. The molecule has 3 rings (SSSR count). The molecule has 2 aromatic rings. The molecule has 1 aliphatic rings. The van der Waals surface area contributed by atoms with Crippen LogP contribution in [0, 0.1) is 0 Å². The fourth-order valence-electron chi connectivity index (χ4n) is 2.98. The van der Waals surface area contributed by atoms with Crippen molar-refractivity contribution in [1.29, 1.82) is 0 Å². The molecule has 0 saturated carbocycles. The van der Waals surface area contributed by atoms with Gasteiger partial charge in [-0.25, -0.2) is 0 Å². The second-order valence-electron chi connectivity index (χ2n) is 6.53. The van der Waals surface area contributed by atoms with Gasteiger partial charge in [-0.05, 0) is 47.9 Å². The Morgan fingerprint density at radius 2 is 1.77 bits per heavy atom. The minimum atomic E-state index is -0.140. The summed E-state index contributed by atoms with van der Waals surface area (Å²) in [6.45, 7) is 2.44. The summed E-state index contributed by atoms with van der Waals surface area (Å²) in [5, 5.41) is 9.00. The Kier molecular flexibility index (Phi) is 7.35. The molecule has 1 atom stereocenters. The van der Waals surface area contributed by atoms with Crippen LogP contribution >= 0.6 is 11.8 Å². The van der Waals surface area contributed by atoms with Crippen molar-refractivity contribution in [2.45, 2.75) is 25.1 Å². The van der Waals surface area contributed by atoms with Crippen LogP contribution in [-0.4, -0.2) is 48.8 Å². The van der Waals surface area contributed by atoms with Gasteiger partial charge in [-0.3, -0.25) is 9.69 Å². The zero-order valence-electron chi connectivity index (χ0n) is 17.5. The van der Waals surface area contributed by atoms with Gasteiger partial charge < -0.3 is 14.2 Å². The first-order chi connectivity index (χ1) is 14.6. The van der Waals surface area contributed by atoms with Crippen LogP contribution in [0.4, 0.5) is 0 Å². The fourth-order valence-corrected chi connectivity index (χ4v) is 4.01. The van der Waals surface area contributed by atoms with Crippen molar-refractivity contribution in [2.75, 3.05) is 21.3 Å². The van der Waals surface area contributed by atoms with Gasteiger partial charge in [0.25, 0.3) is 0 Å². The Labute approximate surface area is 180 Å². The number of carbonyl (C=O) groups excluding carboxylic acids is 1. The third kappa shape index (κ3) is 4.94. The normalized spacial score (nSPS) is 17.7. The van der Waals surface area contributed by atoms with Crippen LogP contribution in [0.25, 0.3) is 0 Å². The summed E-state index contributed by atoms with van der Waals surface area (Å²) < 4.78 is 15.8. The lowest BCUT2D eigenvalue weighted by molar-refractivity contribution is -0.126. The second-order valence-corrected chi connectivity index (χ2v) is 7.70. The molecule has 1 saturated heterocycles. The quantitative estimate of drug-likeness (QED) is 0.471. The molecule has 0 unspecified atom stereocenters. The lowest BCUT2D eigenvalue weighted by atomic mass is 10.2. The molecule has 7 nitrogen and oxygen atoms in total. The van der Waals surface area contributed by atoms with E-state index in [4.69, 9.17) is 14.2 Å². The number of ether oxygens (including phenoxy) is 3. The Hall–Kier alpha value is -3.00. The van der Waals surface area contributed by atoms with Crippen molar-refractivity contribution >= 4 is 29.1 Å². The Bertz CT molecular complexity index is 944. The maximum absolute atomic E-state index is 12.8. The first-order valence-electron chi connectivity index (χ1n) is 9.53. The van der Waals surface area contributed by atoms with E-state index in [1.54, 1.807) is 32.4 Å². The molecule has 30 heavy (non-hydrogen) atoms. The first kappa shape index (κ1) is 21.7. The molecular formula is C22H25N3O4S. The topological polar surface area (TPSA) is 72.7 Å².